The van der Waals surface area contributed by atoms with Gasteiger partial charge in [0.15, 0.2) is 11.5 Å². The second kappa shape index (κ2) is 7.40. The first kappa shape index (κ1) is 18.5. The number of ether oxygens (including phenoxy) is 2. The number of benzene rings is 2. The molecule has 2 aliphatic heterocycles. The van der Waals surface area contributed by atoms with Gasteiger partial charge >= 0.3 is 0 Å². The summed E-state index contributed by atoms with van der Waals surface area (Å²) in [6, 6.07) is 8.31. The first-order valence-electron chi connectivity index (χ1n) is 9.56. The Labute approximate surface area is 170 Å². The van der Waals surface area contributed by atoms with Crippen LogP contribution in [0, 0.1) is 11.6 Å². The Morgan fingerprint density at radius 2 is 1.93 bits per heavy atom. The molecule has 1 atom stereocenters. The minimum absolute atomic E-state index is 0.149. The Bertz CT molecular complexity index is 1120. The van der Waals surface area contributed by atoms with Gasteiger partial charge in [-0.05, 0) is 43.2 Å². The van der Waals surface area contributed by atoms with Crippen LogP contribution in [0.2, 0.25) is 0 Å². The van der Waals surface area contributed by atoms with E-state index in [1.807, 2.05) is 0 Å². The van der Waals surface area contributed by atoms with Crippen molar-refractivity contribution in [3.05, 3.63) is 59.5 Å². The molecule has 2 aliphatic rings. The van der Waals surface area contributed by atoms with Crippen molar-refractivity contribution in [3.63, 3.8) is 0 Å². The van der Waals surface area contributed by atoms with Crippen LogP contribution in [0.5, 0.6) is 11.5 Å². The largest absolute Gasteiger partial charge is 0.454 e. The van der Waals surface area contributed by atoms with Crippen molar-refractivity contribution in [1.82, 2.24) is 15.1 Å². The highest BCUT2D eigenvalue weighted by Gasteiger charge is 2.30. The molecule has 0 spiro atoms. The Kier molecular flexibility index (Phi) is 4.57. The van der Waals surface area contributed by atoms with Gasteiger partial charge in [-0.2, -0.15) is 0 Å². The van der Waals surface area contributed by atoms with Crippen molar-refractivity contribution in [2.75, 3.05) is 19.9 Å². The van der Waals surface area contributed by atoms with Crippen molar-refractivity contribution in [2.24, 2.45) is 0 Å². The van der Waals surface area contributed by atoms with E-state index in [9.17, 15) is 13.6 Å². The molecule has 30 heavy (non-hydrogen) atoms. The molecular formula is C21H17F2N3O4. The number of fused-ring (bicyclic) bond motifs is 1. The minimum atomic E-state index is -0.870. The van der Waals surface area contributed by atoms with Gasteiger partial charge in [0.25, 0.3) is 5.91 Å². The van der Waals surface area contributed by atoms with E-state index >= 15 is 0 Å². The Morgan fingerprint density at radius 1 is 1.07 bits per heavy atom. The van der Waals surface area contributed by atoms with Crippen molar-refractivity contribution in [2.45, 2.75) is 18.8 Å². The first-order chi connectivity index (χ1) is 14.6. The summed E-state index contributed by atoms with van der Waals surface area (Å²) < 4.78 is 43.7. The van der Waals surface area contributed by atoms with Gasteiger partial charge in [-0.1, -0.05) is 0 Å². The zero-order valence-electron chi connectivity index (χ0n) is 15.8. The number of hydrogen-bond acceptors (Lipinski definition) is 6. The fourth-order valence-electron chi connectivity index (χ4n) is 3.74. The molecule has 3 aromatic rings. The van der Waals surface area contributed by atoms with E-state index in [4.69, 9.17) is 13.9 Å². The number of hydrogen-bond donors (Lipinski definition) is 0. The second-order valence-corrected chi connectivity index (χ2v) is 7.23. The molecule has 1 saturated heterocycles. The van der Waals surface area contributed by atoms with Gasteiger partial charge in [-0.25, -0.2) is 8.78 Å². The molecule has 1 unspecified atom stereocenters. The van der Waals surface area contributed by atoms with Crippen LogP contribution in [-0.2, 0) is 0 Å². The Morgan fingerprint density at radius 3 is 2.80 bits per heavy atom. The summed E-state index contributed by atoms with van der Waals surface area (Å²) in [5.41, 5.74) is 0.554. The lowest BCUT2D eigenvalue weighted by Crippen LogP contribution is -2.39. The van der Waals surface area contributed by atoms with Crippen LogP contribution in [0.4, 0.5) is 8.78 Å². The van der Waals surface area contributed by atoms with E-state index in [1.165, 1.54) is 11.0 Å². The van der Waals surface area contributed by atoms with E-state index in [-0.39, 0.29) is 18.3 Å². The smallest absolute Gasteiger partial charge is 0.256 e. The molecule has 5 rings (SSSR count). The Balaban J connectivity index is 1.33. The maximum atomic E-state index is 14.0. The number of halogens is 2. The average molecular weight is 413 g/mol. The average Bonchev–Trinajstić information content (AvgIpc) is 3.42. The van der Waals surface area contributed by atoms with Gasteiger partial charge in [-0.3, -0.25) is 4.79 Å². The highest BCUT2D eigenvalue weighted by Crippen LogP contribution is 2.36. The lowest BCUT2D eigenvalue weighted by molar-refractivity contribution is 0.0693. The predicted molar refractivity (Wildman–Crippen MR) is 100 cm³/mol. The third kappa shape index (κ3) is 3.36. The lowest BCUT2D eigenvalue weighted by atomic mass is 9.97. The van der Waals surface area contributed by atoms with Gasteiger partial charge in [0.1, 0.15) is 11.6 Å². The van der Waals surface area contributed by atoms with Crippen molar-refractivity contribution >= 4 is 5.91 Å². The van der Waals surface area contributed by atoms with Gasteiger partial charge < -0.3 is 18.8 Å². The summed E-state index contributed by atoms with van der Waals surface area (Å²) in [5, 5.41) is 8.28. The molecule has 1 amide bonds. The van der Waals surface area contributed by atoms with E-state index < -0.39 is 17.5 Å². The molecule has 0 bridgehead atoms. The number of piperidine rings is 1. The molecule has 154 valence electrons. The van der Waals surface area contributed by atoms with Gasteiger partial charge in [0.05, 0.1) is 11.5 Å². The fraction of sp³-hybridized carbons (Fsp3) is 0.286. The van der Waals surface area contributed by atoms with E-state index in [0.717, 1.165) is 12.5 Å². The molecular weight excluding hydrogens is 396 g/mol. The number of carbonyl (C=O) groups is 1. The summed E-state index contributed by atoms with van der Waals surface area (Å²) >= 11 is 0. The Hall–Kier alpha value is -3.49. The third-order valence-corrected chi connectivity index (χ3v) is 5.28. The fourth-order valence-corrected chi connectivity index (χ4v) is 3.74. The molecule has 0 radical (unpaired) electrons. The minimum Gasteiger partial charge on any atom is -0.454 e. The topological polar surface area (TPSA) is 77.7 Å². The molecule has 1 aromatic heterocycles. The number of amides is 1. The maximum Gasteiger partial charge on any atom is 0.256 e. The van der Waals surface area contributed by atoms with Crippen LogP contribution in [-0.4, -0.2) is 40.9 Å². The quantitative estimate of drug-likeness (QED) is 0.651. The SMILES string of the molecule is O=C(c1ccc(F)cc1F)N1CCCC(c2nnc(-c3ccc4c(c3)OCO4)o2)C1. The first-order valence-corrected chi connectivity index (χ1v) is 9.56. The number of carbonyl (C=O) groups excluding carboxylic acids is 1. The van der Waals surface area contributed by atoms with E-state index in [0.29, 0.717) is 54.4 Å². The molecule has 2 aromatic carbocycles. The number of aromatic nitrogens is 2. The van der Waals surface area contributed by atoms with Crippen molar-refractivity contribution in [3.8, 4) is 23.0 Å². The van der Waals surface area contributed by atoms with Gasteiger partial charge in [0.2, 0.25) is 18.6 Å². The maximum absolute atomic E-state index is 14.0. The zero-order chi connectivity index (χ0) is 20.7. The highest BCUT2D eigenvalue weighted by molar-refractivity contribution is 5.94. The van der Waals surface area contributed by atoms with E-state index in [2.05, 4.69) is 10.2 Å². The van der Waals surface area contributed by atoms with Crippen LogP contribution >= 0.6 is 0 Å². The second-order valence-electron chi connectivity index (χ2n) is 7.23. The molecule has 7 nitrogen and oxygen atoms in total. The number of likely N-dealkylation sites (tertiary alicyclic amines) is 1. The monoisotopic (exact) mass is 413 g/mol. The summed E-state index contributed by atoms with van der Waals surface area (Å²) in [6.45, 7) is 0.974. The summed E-state index contributed by atoms with van der Waals surface area (Å²) in [5.74, 6) is -0.200. The van der Waals surface area contributed by atoms with Crippen LogP contribution in [0.15, 0.2) is 40.8 Å². The van der Waals surface area contributed by atoms with Gasteiger partial charge in [-0.15, -0.1) is 10.2 Å². The predicted octanol–water partition coefficient (Wildman–Crippen LogP) is 3.76. The zero-order valence-corrected chi connectivity index (χ0v) is 15.8. The van der Waals surface area contributed by atoms with Crippen molar-refractivity contribution < 1.29 is 27.5 Å². The molecule has 9 heteroatoms. The van der Waals surface area contributed by atoms with Crippen LogP contribution in [0.3, 0.4) is 0 Å². The van der Waals surface area contributed by atoms with Crippen LogP contribution in [0.1, 0.15) is 35.0 Å². The van der Waals surface area contributed by atoms with Crippen LogP contribution < -0.4 is 9.47 Å². The molecule has 3 heterocycles. The lowest BCUT2D eigenvalue weighted by Gasteiger charge is -2.31. The molecule has 0 aliphatic carbocycles. The highest BCUT2D eigenvalue weighted by atomic mass is 19.1. The number of rotatable bonds is 3. The van der Waals surface area contributed by atoms with E-state index in [1.54, 1.807) is 18.2 Å². The molecule has 0 saturated carbocycles. The summed E-state index contributed by atoms with van der Waals surface area (Å²) in [7, 11) is 0. The third-order valence-electron chi connectivity index (χ3n) is 5.28. The standard InChI is InChI=1S/C21H17F2N3O4/c22-14-4-5-15(16(23)9-14)21(27)26-7-1-2-13(10-26)20-25-24-19(30-20)12-3-6-17-18(8-12)29-11-28-17/h3-6,8-9,13H,1-2,7,10-11H2. The van der Waals surface area contributed by atoms with Crippen molar-refractivity contribution in [1.29, 1.82) is 0 Å². The molecule has 1 fully saturated rings. The number of nitrogens with zero attached hydrogens (tertiary/aromatic N) is 3. The summed E-state index contributed by atoms with van der Waals surface area (Å²) in [6.07, 6.45) is 1.47. The van der Waals surface area contributed by atoms with Crippen LogP contribution in [0.25, 0.3) is 11.5 Å². The summed E-state index contributed by atoms with van der Waals surface area (Å²) in [4.78, 5) is 14.3. The normalized spacial score (nSPS) is 17.9. The molecule has 0 N–H and O–H groups in total. The van der Waals surface area contributed by atoms with Gasteiger partial charge in [0, 0.05) is 24.7 Å².